The summed E-state index contributed by atoms with van der Waals surface area (Å²) in [6.45, 7) is 2.16. The maximum Gasteiger partial charge on any atom is 0.246 e. The van der Waals surface area contributed by atoms with Gasteiger partial charge in [0.25, 0.3) is 0 Å². The van der Waals surface area contributed by atoms with Gasteiger partial charge in [0.1, 0.15) is 24.6 Å². The molecule has 6 nitrogen and oxygen atoms in total. The van der Waals surface area contributed by atoms with Gasteiger partial charge in [0, 0.05) is 37.0 Å². The summed E-state index contributed by atoms with van der Waals surface area (Å²) in [4.78, 5) is 27.1. The van der Waals surface area contributed by atoms with E-state index in [0.29, 0.717) is 67.7 Å². The van der Waals surface area contributed by atoms with Crippen molar-refractivity contribution in [1.29, 1.82) is 0 Å². The summed E-state index contributed by atoms with van der Waals surface area (Å²) in [5.41, 5.74) is 0.871. The Balaban J connectivity index is 1.22. The number of carbonyl (C=O) groups is 2. The van der Waals surface area contributed by atoms with Crippen LogP contribution in [0.3, 0.4) is 0 Å². The van der Waals surface area contributed by atoms with Gasteiger partial charge in [-0.3, -0.25) is 9.59 Å². The molecule has 0 bridgehead atoms. The molecule has 0 aliphatic carbocycles. The van der Waals surface area contributed by atoms with Gasteiger partial charge in [-0.2, -0.15) is 0 Å². The highest BCUT2D eigenvalue weighted by Crippen LogP contribution is 2.40. The molecule has 1 fully saturated rings. The van der Waals surface area contributed by atoms with E-state index < -0.39 is 5.60 Å². The quantitative estimate of drug-likeness (QED) is 0.658. The second kappa shape index (κ2) is 7.93. The molecule has 0 radical (unpaired) electrons. The number of nitrogens with zero attached hydrogens (tertiary/aromatic N) is 1. The summed E-state index contributed by atoms with van der Waals surface area (Å²) in [6, 6.07) is 10.8. The van der Waals surface area contributed by atoms with Gasteiger partial charge in [0.2, 0.25) is 5.91 Å². The molecule has 1 spiro atoms. The molecular formula is C24H22ClNO5. The normalized spacial score (nSPS) is 19.3. The smallest absolute Gasteiger partial charge is 0.246 e. The predicted molar refractivity (Wildman–Crippen MR) is 116 cm³/mol. The van der Waals surface area contributed by atoms with Crippen LogP contribution in [-0.4, -0.2) is 48.5 Å². The topological polar surface area (TPSA) is 65.1 Å². The summed E-state index contributed by atoms with van der Waals surface area (Å²) < 4.78 is 17.3. The lowest BCUT2D eigenvalue weighted by Crippen LogP contribution is -2.52. The molecule has 160 valence electrons. The first kappa shape index (κ1) is 19.9. The van der Waals surface area contributed by atoms with Crippen molar-refractivity contribution >= 4 is 29.4 Å². The Labute approximate surface area is 185 Å². The number of carbonyl (C=O) groups excluding carboxylic acids is 2. The van der Waals surface area contributed by atoms with Crippen molar-refractivity contribution in [2.24, 2.45) is 0 Å². The van der Waals surface area contributed by atoms with Crippen molar-refractivity contribution in [3.05, 3.63) is 58.6 Å². The molecule has 3 aliphatic rings. The number of fused-ring (bicyclic) bond motifs is 2. The molecule has 2 aromatic rings. The Morgan fingerprint density at radius 2 is 1.74 bits per heavy atom. The maximum absolute atomic E-state index is 12.7. The number of piperidine rings is 1. The minimum Gasteiger partial charge on any atom is -0.486 e. The summed E-state index contributed by atoms with van der Waals surface area (Å²) >= 11 is 6.01. The van der Waals surface area contributed by atoms with Gasteiger partial charge in [-0.25, -0.2) is 0 Å². The van der Waals surface area contributed by atoms with E-state index in [-0.39, 0.29) is 11.7 Å². The van der Waals surface area contributed by atoms with Crippen LogP contribution in [0.2, 0.25) is 5.02 Å². The number of likely N-dealkylation sites (tertiary alicyclic amines) is 1. The number of rotatable bonds is 2. The number of ether oxygens (including phenoxy) is 3. The van der Waals surface area contributed by atoms with Crippen LogP contribution in [-0.2, 0) is 4.79 Å². The SMILES string of the molecule is O=C1CC2(CCN(C(=O)/C=C\c3ccc4c(c3)OCCO4)CC2)Oc2ccc(Cl)cc21. The van der Waals surface area contributed by atoms with Crippen LogP contribution in [0.25, 0.3) is 6.08 Å². The van der Waals surface area contributed by atoms with E-state index in [4.69, 9.17) is 25.8 Å². The average molecular weight is 440 g/mol. The highest BCUT2D eigenvalue weighted by atomic mass is 35.5. The van der Waals surface area contributed by atoms with Crippen LogP contribution >= 0.6 is 11.6 Å². The highest BCUT2D eigenvalue weighted by molar-refractivity contribution is 6.31. The van der Waals surface area contributed by atoms with Gasteiger partial charge in [-0.15, -0.1) is 0 Å². The summed E-state index contributed by atoms with van der Waals surface area (Å²) in [7, 11) is 0. The van der Waals surface area contributed by atoms with Crippen molar-refractivity contribution < 1.29 is 23.8 Å². The van der Waals surface area contributed by atoms with E-state index in [1.54, 1.807) is 35.3 Å². The fourth-order valence-corrected chi connectivity index (χ4v) is 4.49. The summed E-state index contributed by atoms with van der Waals surface area (Å²) in [6.07, 6.45) is 4.91. The molecule has 5 rings (SSSR count). The van der Waals surface area contributed by atoms with Crippen molar-refractivity contribution in [1.82, 2.24) is 4.90 Å². The molecule has 3 heterocycles. The third-order valence-corrected chi connectivity index (χ3v) is 6.26. The zero-order chi connectivity index (χ0) is 21.4. The third kappa shape index (κ3) is 4.00. The Bertz CT molecular complexity index is 1070. The Morgan fingerprint density at radius 1 is 1.00 bits per heavy atom. The van der Waals surface area contributed by atoms with Gasteiger partial charge in [-0.1, -0.05) is 17.7 Å². The van der Waals surface area contributed by atoms with E-state index in [1.807, 2.05) is 18.2 Å². The zero-order valence-electron chi connectivity index (χ0n) is 16.9. The number of halogens is 1. The standard InChI is InChI=1S/C24H22ClNO5/c25-17-3-5-20-18(14-17)19(27)15-24(31-20)7-9-26(10-8-24)23(28)6-2-16-1-4-21-22(13-16)30-12-11-29-21/h1-6,13-14H,7-12,15H2/b6-2-. The lowest BCUT2D eigenvalue weighted by atomic mass is 9.82. The minimum absolute atomic E-state index is 0.0435. The predicted octanol–water partition coefficient (Wildman–Crippen LogP) is 4.15. The second-order valence-corrected chi connectivity index (χ2v) is 8.52. The molecule has 1 saturated heterocycles. The first-order chi connectivity index (χ1) is 15.0. The van der Waals surface area contributed by atoms with Gasteiger partial charge in [0.05, 0.1) is 12.0 Å². The number of amides is 1. The fraction of sp³-hybridized carbons (Fsp3) is 0.333. The number of benzene rings is 2. The highest BCUT2D eigenvalue weighted by Gasteiger charge is 2.43. The number of Topliss-reactive ketones (excluding diaryl/α,β-unsaturated/α-hetero) is 1. The Kier molecular flexibility index (Phi) is 5.10. The summed E-state index contributed by atoms with van der Waals surface area (Å²) in [5, 5.41) is 0.525. The van der Waals surface area contributed by atoms with Crippen LogP contribution in [0.1, 0.15) is 35.2 Å². The fourth-order valence-electron chi connectivity index (χ4n) is 4.32. The van der Waals surface area contributed by atoms with Crippen molar-refractivity contribution in [2.75, 3.05) is 26.3 Å². The van der Waals surface area contributed by atoms with E-state index in [1.165, 1.54) is 0 Å². The minimum atomic E-state index is -0.547. The molecule has 0 N–H and O–H groups in total. The van der Waals surface area contributed by atoms with E-state index >= 15 is 0 Å². The molecule has 0 unspecified atom stereocenters. The summed E-state index contributed by atoms with van der Waals surface area (Å²) in [5.74, 6) is 1.99. The van der Waals surface area contributed by atoms with Gasteiger partial charge >= 0.3 is 0 Å². The Morgan fingerprint density at radius 3 is 2.55 bits per heavy atom. The van der Waals surface area contributed by atoms with Crippen LogP contribution < -0.4 is 14.2 Å². The second-order valence-electron chi connectivity index (χ2n) is 8.09. The molecule has 0 aromatic heterocycles. The first-order valence-electron chi connectivity index (χ1n) is 10.4. The lowest BCUT2D eigenvalue weighted by molar-refractivity contribution is -0.129. The molecular weight excluding hydrogens is 418 g/mol. The van der Waals surface area contributed by atoms with Gasteiger partial charge < -0.3 is 19.1 Å². The molecule has 0 atom stereocenters. The number of ketones is 1. The van der Waals surface area contributed by atoms with Gasteiger partial charge in [-0.05, 0) is 42.0 Å². The van der Waals surface area contributed by atoms with Crippen molar-refractivity contribution in [2.45, 2.75) is 24.9 Å². The molecule has 7 heteroatoms. The van der Waals surface area contributed by atoms with E-state index in [0.717, 1.165) is 11.3 Å². The largest absolute Gasteiger partial charge is 0.486 e. The molecule has 1 amide bonds. The van der Waals surface area contributed by atoms with Crippen LogP contribution in [0.4, 0.5) is 0 Å². The number of hydrogen-bond donors (Lipinski definition) is 0. The maximum atomic E-state index is 12.7. The van der Waals surface area contributed by atoms with E-state index in [9.17, 15) is 9.59 Å². The number of hydrogen-bond acceptors (Lipinski definition) is 5. The van der Waals surface area contributed by atoms with Crippen LogP contribution in [0.5, 0.6) is 17.2 Å². The molecule has 31 heavy (non-hydrogen) atoms. The van der Waals surface area contributed by atoms with E-state index in [2.05, 4.69) is 0 Å². The average Bonchev–Trinajstić information content (AvgIpc) is 2.78. The molecule has 0 saturated carbocycles. The Hall–Kier alpha value is -2.99. The van der Waals surface area contributed by atoms with Crippen LogP contribution in [0.15, 0.2) is 42.5 Å². The van der Waals surface area contributed by atoms with Crippen molar-refractivity contribution in [3.63, 3.8) is 0 Å². The van der Waals surface area contributed by atoms with Crippen LogP contribution in [0, 0.1) is 0 Å². The molecule has 3 aliphatic heterocycles. The third-order valence-electron chi connectivity index (χ3n) is 6.02. The van der Waals surface area contributed by atoms with Crippen molar-refractivity contribution in [3.8, 4) is 17.2 Å². The molecule has 2 aromatic carbocycles. The zero-order valence-corrected chi connectivity index (χ0v) is 17.7. The monoisotopic (exact) mass is 439 g/mol. The lowest BCUT2D eigenvalue weighted by Gasteiger charge is -2.43. The van der Waals surface area contributed by atoms with Gasteiger partial charge in [0.15, 0.2) is 17.3 Å². The first-order valence-corrected chi connectivity index (χ1v) is 10.8.